The highest BCUT2D eigenvalue weighted by Gasteiger charge is 2.22. The van der Waals surface area contributed by atoms with Gasteiger partial charge >= 0.3 is 0 Å². The van der Waals surface area contributed by atoms with Gasteiger partial charge in [0.05, 0.1) is 36.9 Å². The topological polar surface area (TPSA) is 139 Å². The standard InChI is InChI=1S/C26H28N6O6/c1-37-20-13-18(14-21(16-20)38-2)28-26(34)22-15-19(32(35)36)6-7-23(22)29-25(33)17-30-9-11-31(12-10-30)24-5-3-4-8-27-24/h3-8,13-16H,9-12,17H2,1-2H3,(H,28,34)(H,29,33). The maximum Gasteiger partial charge on any atom is 0.270 e. The Morgan fingerprint density at radius 3 is 2.29 bits per heavy atom. The molecular weight excluding hydrogens is 492 g/mol. The number of amides is 2. The van der Waals surface area contributed by atoms with Crippen LogP contribution in [0, 0.1) is 10.1 Å². The van der Waals surface area contributed by atoms with Gasteiger partial charge in [-0.15, -0.1) is 0 Å². The molecular formula is C26H28N6O6. The number of ether oxygens (including phenoxy) is 2. The number of nitrogens with zero attached hydrogens (tertiary/aromatic N) is 4. The minimum Gasteiger partial charge on any atom is -0.497 e. The van der Waals surface area contributed by atoms with Crippen molar-refractivity contribution in [3.05, 3.63) is 76.5 Å². The van der Waals surface area contributed by atoms with Crippen LogP contribution < -0.4 is 25.0 Å². The number of nitro groups is 1. The van der Waals surface area contributed by atoms with Crippen molar-refractivity contribution >= 4 is 34.7 Å². The van der Waals surface area contributed by atoms with Crippen LogP contribution in [0.4, 0.5) is 22.9 Å². The van der Waals surface area contributed by atoms with E-state index in [1.54, 1.807) is 24.4 Å². The van der Waals surface area contributed by atoms with Crippen LogP contribution >= 0.6 is 0 Å². The Morgan fingerprint density at radius 2 is 1.68 bits per heavy atom. The van der Waals surface area contributed by atoms with Gasteiger partial charge in [-0.2, -0.15) is 0 Å². The van der Waals surface area contributed by atoms with Gasteiger partial charge in [-0.3, -0.25) is 24.6 Å². The summed E-state index contributed by atoms with van der Waals surface area (Å²) < 4.78 is 10.5. The summed E-state index contributed by atoms with van der Waals surface area (Å²) in [4.78, 5) is 45.3. The highest BCUT2D eigenvalue weighted by atomic mass is 16.6. The molecule has 0 bridgehead atoms. The molecule has 38 heavy (non-hydrogen) atoms. The lowest BCUT2D eigenvalue weighted by Crippen LogP contribution is -2.49. The van der Waals surface area contributed by atoms with Crippen molar-refractivity contribution in [2.24, 2.45) is 0 Å². The summed E-state index contributed by atoms with van der Waals surface area (Å²) in [6, 6.07) is 14.3. The number of hydrogen-bond donors (Lipinski definition) is 2. The van der Waals surface area contributed by atoms with E-state index in [2.05, 4.69) is 20.5 Å². The molecule has 198 valence electrons. The van der Waals surface area contributed by atoms with E-state index < -0.39 is 10.8 Å². The van der Waals surface area contributed by atoms with Gasteiger partial charge in [0.15, 0.2) is 0 Å². The van der Waals surface area contributed by atoms with Crippen LogP contribution in [0.15, 0.2) is 60.8 Å². The Morgan fingerprint density at radius 1 is 0.974 bits per heavy atom. The molecule has 2 heterocycles. The third-order valence-electron chi connectivity index (χ3n) is 6.05. The van der Waals surface area contributed by atoms with E-state index in [4.69, 9.17) is 9.47 Å². The van der Waals surface area contributed by atoms with Gasteiger partial charge < -0.3 is 25.0 Å². The molecule has 0 spiro atoms. The molecule has 0 unspecified atom stereocenters. The van der Waals surface area contributed by atoms with Crippen molar-refractivity contribution in [3.8, 4) is 11.5 Å². The Balaban J connectivity index is 1.45. The average molecular weight is 521 g/mol. The maximum atomic E-state index is 13.2. The number of nitro benzene ring substituents is 1. The van der Waals surface area contributed by atoms with E-state index in [1.165, 1.54) is 26.4 Å². The van der Waals surface area contributed by atoms with Gasteiger partial charge in [-0.1, -0.05) is 6.07 Å². The van der Waals surface area contributed by atoms with Gasteiger partial charge in [0.2, 0.25) is 5.91 Å². The molecule has 0 atom stereocenters. The monoisotopic (exact) mass is 520 g/mol. The number of non-ortho nitro benzene ring substituents is 1. The van der Waals surface area contributed by atoms with Crippen LogP contribution in [-0.4, -0.2) is 73.6 Å². The predicted molar refractivity (Wildman–Crippen MR) is 142 cm³/mol. The summed E-state index contributed by atoms with van der Waals surface area (Å²) in [6.07, 6.45) is 1.75. The third-order valence-corrected chi connectivity index (χ3v) is 6.05. The first-order valence-corrected chi connectivity index (χ1v) is 11.9. The van der Waals surface area contributed by atoms with Crippen LogP contribution in [-0.2, 0) is 4.79 Å². The zero-order chi connectivity index (χ0) is 27.1. The fourth-order valence-corrected chi connectivity index (χ4v) is 4.09. The number of nitrogens with one attached hydrogen (secondary N) is 2. The van der Waals surface area contributed by atoms with Gasteiger partial charge in [0.1, 0.15) is 17.3 Å². The van der Waals surface area contributed by atoms with Gasteiger partial charge in [0.25, 0.3) is 11.6 Å². The molecule has 12 heteroatoms. The van der Waals surface area contributed by atoms with Gasteiger partial charge in [-0.05, 0) is 18.2 Å². The van der Waals surface area contributed by atoms with Crippen LogP contribution in [0.3, 0.4) is 0 Å². The van der Waals surface area contributed by atoms with E-state index in [-0.39, 0.29) is 29.4 Å². The predicted octanol–water partition coefficient (Wildman–Crippen LogP) is 3.02. The summed E-state index contributed by atoms with van der Waals surface area (Å²) in [5, 5.41) is 16.8. The number of aromatic nitrogens is 1. The normalized spacial score (nSPS) is 13.5. The first-order chi connectivity index (χ1) is 18.4. The minimum atomic E-state index is -0.636. The molecule has 2 N–H and O–H groups in total. The molecule has 2 aromatic carbocycles. The molecule has 4 rings (SSSR count). The van der Waals surface area contributed by atoms with Crippen molar-refractivity contribution in [1.29, 1.82) is 0 Å². The SMILES string of the molecule is COc1cc(NC(=O)c2cc([N+](=O)[O-])ccc2NC(=O)CN2CCN(c3ccccn3)CC2)cc(OC)c1. The van der Waals surface area contributed by atoms with E-state index in [0.717, 1.165) is 25.0 Å². The Labute approximate surface area is 219 Å². The number of carbonyl (C=O) groups is 2. The lowest BCUT2D eigenvalue weighted by Gasteiger charge is -2.34. The average Bonchev–Trinajstić information content (AvgIpc) is 2.93. The van der Waals surface area contributed by atoms with E-state index in [0.29, 0.717) is 30.3 Å². The van der Waals surface area contributed by atoms with Crippen molar-refractivity contribution in [1.82, 2.24) is 9.88 Å². The number of hydrogen-bond acceptors (Lipinski definition) is 9. The molecule has 0 saturated carbocycles. The van der Waals surface area contributed by atoms with E-state index in [9.17, 15) is 19.7 Å². The molecule has 1 aromatic heterocycles. The molecule has 1 aliphatic heterocycles. The highest BCUT2D eigenvalue weighted by Crippen LogP contribution is 2.28. The van der Waals surface area contributed by atoms with Gasteiger partial charge in [0, 0.05) is 68.4 Å². The number of carbonyl (C=O) groups excluding carboxylic acids is 2. The first-order valence-electron chi connectivity index (χ1n) is 11.9. The molecule has 3 aromatic rings. The summed E-state index contributed by atoms with van der Waals surface area (Å²) in [6.45, 7) is 2.88. The molecule has 12 nitrogen and oxygen atoms in total. The van der Waals surface area contributed by atoms with Crippen molar-refractivity contribution in [2.45, 2.75) is 0 Å². The van der Waals surface area contributed by atoms with Crippen LogP contribution in [0.25, 0.3) is 0 Å². The van der Waals surface area contributed by atoms with Crippen molar-refractivity contribution in [2.75, 3.05) is 62.5 Å². The minimum absolute atomic E-state index is 0.0469. The van der Waals surface area contributed by atoms with E-state index in [1.807, 2.05) is 23.1 Å². The molecule has 1 aliphatic rings. The molecule has 2 amide bonds. The number of methoxy groups -OCH3 is 2. The highest BCUT2D eigenvalue weighted by molar-refractivity contribution is 6.10. The molecule has 0 radical (unpaired) electrons. The summed E-state index contributed by atoms with van der Waals surface area (Å²) >= 11 is 0. The fourth-order valence-electron chi connectivity index (χ4n) is 4.09. The largest absolute Gasteiger partial charge is 0.497 e. The summed E-state index contributed by atoms with van der Waals surface area (Å²) in [5.74, 6) is 0.836. The second-order valence-corrected chi connectivity index (χ2v) is 8.54. The molecule has 1 saturated heterocycles. The molecule has 1 fully saturated rings. The summed E-state index contributed by atoms with van der Waals surface area (Å²) in [5.41, 5.74) is 0.206. The Bertz CT molecular complexity index is 1290. The second-order valence-electron chi connectivity index (χ2n) is 8.54. The van der Waals surface area contributed by atoms with E-state index >= 15 is 0 Å². The zero-order valence-corrected chi connectivity index (χ0v) is 21.0. The smallest absolute Gasteiger partial charge is 0.270 e. The number of pyridine rings is 1. The summed E-state index contributed by atoms with van der Waals surface area (Å²) in [7, 11) is 2.96. The fraction of sp³-hybridized carbons (Fsp3) is 0.269. The maximum absolute atomic E-state index is 13.2. The molecule has 0 aliphatic carbocycles. The van der Waals surface area contributed by atoms with Gasteiger partial charge in [-0.25, -0.2) is 4.98 Å². The first kappa shape index (κ1) is 26.4. The van der Waals surface area contributed by atoms with Crippen molar-refractivity contribution < 1.29 is 24.0 Å². The van der Waals surface area contributed by atoms with Crippen LogP contribution in [0.2, 0.25) is 0 Å². The number of benzene rings is 2. The lowest BCUT2D eigenvalue weighted by molar-refractivity contribution is -0.384. The second kappa shape index (κ2) is 12.0. The Kier molecular flexibility index (Phi) is 8.34. The van der Waals surface area contributed by atoms with Crippen LogP contribution in [0.5, 0.6) is 11.5 Å². The Hall–Kier alpha value is -4.71. The van der Waals surface area contributed by atoms with Crippen LogP contribution in [0.1, 0.15) is 10.4 Å². The lowest BCUT2D eigenvalue weighted by atomic mass is 10.1. The zero-order valence-electron chi connectivity index (χ0n) is 21.0. The van der Waals surface area contributed by atoms with Crippen molar-refractivity contribution in [3.63, 3.8) is 0 Å². The third kappa shape index (κ3) is 6.53. The quantitative estimate of drug-likeness (QED) is 0.322. The number of rotatable bonds is 9. The number of anilines is 3. The number of piperazine rings is 1.